The van der Waals surface area contributed by atoms with Gasteiger partial charge in [0.2, 0.25) is 5.95 Å². The van der Waals surface area contributed by atoms with Crippen LogP contribution in [0.25, 0.3) is 0 Å². The first kappa shape index (κ1) is 8.74. The molecule has 0 aromatic carbocycles. The molecule has 14 heavy (non-hydrogen) atoms. The molecule has 1 aliphatic rings. The molecular weight excluding hydrogens is 186 g/mol. The summed E-state index contributed by atoms with van der Waals surface area (Å²) in [5, 5.41) is 8.63. The van der Waals surface area contributed by atoms with Crippen LogP contribution in [0.4, 0.5) is 5.95 Å². The van der Waals surface area contributed by atoms with Crippen LogP contribution in [0.15, 0.2) is 0 Å². The van der Waals surface area contributed by atoms with Gasteiger partial charge in [-0.25, -0.2) is 9.97 Å². The van der Waals surface area contributed by atoms with Crippen LogP contribution in [0.5, 0.6) is 5.75 Å². The smallest absolute Gasteiger partial charge is 0.309 e. The van der Waals surface area contributed by atoms with E-state index in [0.29, 0.717) is 30.2 Å². The van der Waals surface area contributed by atoms with Crippen LogP contribution in [-0.4, -0.2) is 27.7 Å². The van der Waals surface area contributed by atoms with Gasteiger partial charge in [0, 0.05) is 6.42 Å². The van der Waals surface area contributed by atoms with E-state index in [0.717, 1.165) is 0 Å². The topological polar surface area (TPSA) is 98.3 Å². The summed E-state index contributed by atoms with van der Waals surface area (Å²) in [5.74, 6) is -0.368. The van der Waals surface area contributed by atoms with Gasteiger partial charge < -0.3 is 15.6 Å². The van der Waals surface area contributed by atoms with Gasteiger partial charge in [0.05, 0.1) is 24.4 Å². The number of carboxylic acids is 1. The van der Waals surface area contributed by atoms with Crippen LogP contribution >= 0.6 is 0 Å². The molecule has 1 aliphatic heterocycles. The maximum Gasteiger partial charge on any atom is 0.309 e. The fraction of sp³-hybridized carbons (Fsp3) is 0.375. The van der Waals surface area contributed by atoms with Crippen molar-refractivity contribution in [2.24, 2.45) is 0 Å². The largest absolute Gasteiger partial charge is 0.489 e. The Kier molecular flexibility index (Phi) is 1.95. The number of nitrogens with zero attached hydrogens (tertiary/aromatic N) is 2. The first-order valence-electron chi connectivity index (χ1n) is 4.16. The molecule has 0 unspecified atom stereocenters. The minimum atomic E-state index is -0.958. The predicted molar refractivity (Wildman–Crippen MR) is 47.0 cm³/mol. The van der Waals surface area contributed by atoms with E-state index in [4.69, 9.17) is 15.6 Å². The van der Waals surface area contributed by atoms with E-state index in [2.05, 4.69) is 9.97 Å². The average molecular weight is 195 g/mol. The van der Waals surface area contributed by atoms with Crippen molar-refractivity contribution in [1.82, 2.24) is 9.97 Å². The van der Waals surface area contributed by atoms with Gasteiger partial charge in [-0.3, -0.25) is 4.79 Å². The van der Waals surface area contributed by atoms with Gasteiger partial charge in [-0.2, -0.15) is 0 Å². The Morgan fingerprint density at radius 3 is 3.07 bits per heavy atom. The monoisotopic (exact) mass is 195 g/mol. The van der Waals surface area contributed by atoms with Crippen molar-refractivity contribution in [3.05, 3.63) is 11.4 Å². The molecule has 2 rings (SSSR count). The second-order valence-corrected chi connectivity index (χ2v) is 2.97. The third kappa shape index (κ3) is 1.46. The Balaban J connectivity index is 2.43. The Morgan fingerprint density at radius 1 is 1.57 bits per heavy atom. The van der Waals surface area contributed by atoms with Crippen molar-refractivity contribution in [1.29, 1.82) is 0 Å². The van der Waals surface area contributed by atoms with Gasteiger partial charge in [-0.15, -0.1) is 0 Å². The van der Waals surface area contributed by atoms with Crippen molar-refractivity contribution >= 4 is 11.9 Å². The number of nitrogen functional groups attached to an aromatic ring is 1. The number of carbonyl (C=O) groups is 1. The summed E-state index contributed by atoms with van der Waals surface area (Å²) < 4.78 is 5.24. The number of ether oxygens (including phenoxy) is 1. The molecule has 6 heteroatoms. The number of carboxylic acid groups (broad SMARTS) is 1. The predicted octanol–water partition coefficient (Wildman–Crippen LogP) is -0.379. The van der Waals surface area contributed by atoms with Gasteiger partial charge in [0.25, 0.3) is 0 Å². The second-order valence-electron chi connectivity index (χ2n) is 2.97. The third-order valence-corrected chi connectivity index (χ3v) is 1.93. The quantitative estimate of drug-likeness (QED) is 0.667. The lowest BCUT2D eigenvalue weighted by Crippen LogP contribution is -2.07. The van der Waals surface area contributed by atoms with Crippen molar-refractivity contribution in [3.63, 3.8) is 0 Å². The summed E-state index contributed by atoms with van der Waals surface area (Å²) in [6.07, 6.45) is 0.476. The lowest BCUT2D eigenvalue weighted by molar-refractivity contribution is -0.136. The number of rotatable bonds is 2. The lowest BCUT2D eigenvalue weighted by Gasteiger charge is -2.04. The molecule has 0 radical (unpaired) electrons. The van der Waals surface area contributed by atoms with E-state index in [-0.39, 0.29) is 12.4 Å². The molecular formula is C8H9N3O3. The molecule has 0 saturated carbocycles. The van der Waals surface area contributed by atoms with E-state index in [1.54, 1.807) is 0 Å². The lowest BCUT2D eigenvalue weighted by atomic mass is 10.2. The molecule has 2 heterocycles. The Labute approximate surface area is 79.7 Å². The van der Waals surface area contributed by atoms with Gasteiger partial charge in [0.1, 0.15) is 0 Å². The van der Waals surface area contributed by atoms with Crippen molar-refractivity contribution < 1.29 is 14.6 Å². The molecule has 74 valence electrons. The number of hydrogen-bond donors (Lipinski definition) is 2. The maximum atomic E-state index is 10.5. The van der Waals surface area contributed by atoms with Crippen LogP contribution in [0, 0.1) is 0 Å². The van der Waals surface area contributed by atoms with Crippen LogP contribution in [0.3, 0.4) is 0 Å². The molecule has 0 aliphatic carbocycles. The Morgan fingerprint density at radius 2 is 2.36 bits per heavy atom. The van der Waals surface area contributed by atoms with Crippen molar-refractivity contribution in [3.8, 4) is 5.75 Å². The van der Waals surface area contributed by atoms with E-state index >= 15 is 0 Å². The number of anilines is 1. The van der Waals surface area contributed by atoms with Crippen molar-refractivity contribution in [2.45, 2.75) is 12.8 Å². The first-order valence-corrected chi connectivity index (χ1v) is 4.16. The van der Waals surface area contributed by atoms with Gasteiger partial charge in [-0.05, 0) is 0 Å². The van der Waals surface area contributed by atoms with E-state index in [1.807, 2.05) is 0 Å². The zero-order valence-electron chi connectivity index (χ0n) is 7.36. The number of aliphatic carboxylic acids is 1. The summed E-state index contributed by atoms with van der Waals surface area (Å²) >= 11 is 0. The zero-order chi connectivity index (χ0) is 10.1. The highest BCUT2D eigenvalue weighted by Gasteiger charge is 2.21. The minimum absolute atomic E-state index is 0.102. The van der Waals surface area contributed by atoms with Gasteiger partial charge in [-0.1, -0.05) is 0 Å². The fourth-order valence-electron chi connectivity index (χ4n) is 1.42. The second kappa shape index (κ2) is 3.13. The van der Waals surface area contributed by atoms with Crippen molar-refractivity contribution in [2.75, 3.05) is 12.3 Å². The fourth-order valence-corrected chi connectivity index (χ4v) is 1.42. The van der Waals surface area contributed by atoms with Crippen LogP contribution in [0.2, 0.25) is 0 Å². The van der Waals surface area contributed by atoms with Crippen LogP contribution < -0.4 is 10.5 Å². The molecule has 0 fully saturated rings. The molecule has 0 saturated heterocycles. The highest BCUT2D eigenvalue weighted by Crippen LogP contribution is 2.27. The highest BCUT2D eigenvalue weighted by atomic mass is 16.5. The summed E-state index contributed by atoms with van der Waals surface area (Å²) in [6.45, 7) is 0.514. The van der Waals surface area contributed by atoms with E-state index < -0.39 is 5.97 Å². The standard InChI is InChI=1S/C8H9N3O3/c9-8-10-4-1-2-14-7(4)5(11-8)3-6(12)13/h1-3H2,(H,12,13)(H2,9,10,11). The number of nitrogens with two attached hydrogens (primary N) is 1. The zero-order valence-corrected chi connectivity index (χ0v) is 7.36. The summed E-state index contributed by atoms with van der Waals surface area (Å²) in [7, 11) is 0. The molecule has 3 N–H and O–H groups in total. The summed E-state index contributed by atoms with van der Waals surface area (Å²) in [6, 6.07) is 0. The number of hydrogen-bond acceptors (Lipinski definition) is 5. The highest BCUT2D eigenvalue weighted by molar-refractivity contribution is 5.71. The molecule has 1 aromatic rings. The van der Waals surface area contributed by atoms with Crippen LogP contribution in [0.1, 0.15) is 11.4 Å². The molecule has 1 aromatic heterocycles. The van der Waals surface area contributed by atoms with Crippen LogP contribution in [-0.2, 0) is 17.6 Å². The van der Waals surface area contributed by atoms with E-state index in [1.165, 1.54) is 0 Å². The molecule has 0 bridgehead atoms. The SMILES string of the molecule is Nc1nc2c(c(CC(=O)O)n1)OCC2. The van der Waals surface area contributed by atoms with Gasteiger partial charge in [0.15, 0.2) is 5.75 Å². The number of fused-ring (bicyclic) bond motifs is 1. The minimum Gasteiger partial charge on any atom is -0.489 e. The molecule has 0 amide bonds. The number of aromatic nitrogens is 2. The summed E-state index contributed by atoms with van der Waals surface area (Å²) in [5.41, 5.74) is 6.50. The average Bonchev–Trinajstić information content (AvgIpc) is 2.50. The first-order chi connectivity index (χ1) is 6.66. The normalized spacial score (nSPS) is 13.4. The molecule has 0 spiro atoms. The molecule has 0 atom stereocenters. The van der Waals surface area contributed by atoms with E-state index in [9.17, 15) is 4.79 Å². The Hall–Kier alpha value is -1.85. The maximum absolute atomic E-state index is 10.5. The molecule has 6 nitrogen and oxygen atoms in total. The third-order valence-electron chi connectivity index (χ3n) is 1.93. The van der Waals surface area contributed by atoms with Gasteiger partial charge >= 0.3 is 5.97 Å². The Bertz CT molecular complexity index is 392. The summed E-state index contributed by atoms with van der Waals surface area (Å²) in [4.78, 5) is 18.3.